The second kappa shape index (κ2) is 7.35. The van der Waals surface area contributed by atoms with E-state index in [9.17, 15) is 4.79 Å². The molecular formula is C19H22N6O. The molecule has 3 aromatic rings. The SMILES string of the molecule is CCc1ccncc1-c1cc2cc(NC(=O)NC(C)C)ncc2c(N)n1. The third-order valence-corrected chi connectivity index (χ3v) is 3.97. The van der Waals surface area contributed by atoms with Gasteiger partial charge in [0.25, 0.3) is 0 Å². The van der Waals surface area contributed by atoms with Crippen molar-refractivity contribution in [3.63, 3.8) is 0 Å². The topological polar surface area (TPSA) is 106 Å². The van der Waals surface area contributed by atoms with E-state index < -0.39 is 0 Å². The average molecular weight is 350 g/mol. The lowest BCUT2D eigenvalue weighted by atomic mass is 10.0. The van der Waals surface area contributed by atoms with E-state index in [0.29, 0.717) is 11.6 Å². The maximum absolute atomic E-state index is 11.9. The van der Waals surface area contributed by atoms with E-state index >= 15 is 0 Å². The predicted molar refractivity (Wildman–Crippen MR) is 104 cm³/mol. The van der Waals surface area contributed by atoms with Gasteiger partial charge in [0.15, 0.2) is 0 Å². The zero-order chi connectivity index (χ0) is 18.7. The van der Waals surface area contributed by atoms with Gasteiger partial charge in [0.05, 0.1) is 5.69 Å². The Kier molecular flexibility index (Phi) is 4.97. The van der Waals surface area contributed by atoms with Gasteiger partial charge in [-0.3, -0.25) is 10.3 Å². The largest absolute Gasteiger partial charge is 0.383 e. The number of carbonyl (C=O) groups excluding carboxylic acids is 1. The summed E-state index contributed by atoms with van der Waals surface area (Å²) in [6.07, 6.45) is 6.06. The number of hydrogen-bond donors (Lipinski definition) is 3. The molecule has 134 valence electrons. The Labute approximate surface area is 152 Å². The molecule has 0 aliphatic rings. The molecule has 0 saturated heterocycles. The zero-order valence-corrected chi connectivity index (χ0v) is 15.1. The molecule has 4 N–H and O–H groups in total. The number of nitrogens with one attached hydrogen (secondary N) is 2. The molecule has 0 saturated carbocycles. The average Bonchev–Trinajstić information content (AvgIpc) is 2.60. The van der Waals surface area contributed by atoms with Crippen molar-refractivity contribution in [1.29, 1.82) is 0 Å². The molecule has 0 unspecified atom stereocenters. The number of nitrogens with two attached hydrogens (primary N) is 1. The molecule has 0 radical (unpaired) electrons. The number of aryl methyl sites for hydroxylation is 1. The Bertz CT molecular complexity index is 954. The van der Waals surface area contributed by atoms with Gasteiger partial charge in [0.2, 0.25) is 0 Å². The van der Waals surface area contributed by atoms with Crippen molar-refractivity contribution < 1.29 is 4.79 Å². The minimum atomic E-state index is -0.297. The van der Waals surface area contributed by atoms with E-state index in [1.165, 1.54) is 0 Å². The monoisotopic (exact) mass is 350 g/mol. The van der Waals surface area contributed by atoms with Crippen LogP contribution >= 0.6 is 0 Å². The predicted octanol–water partition coefficient (Wildman–Crippen LogP) is 3.37. The van der Waals surface area contributed by atoms with E-state index in [0.717, 1.165) is 34.0 Å². The van der Waals surface area contributed by atoms with Gasteiger partial charge in [-0.15, -0.1) is 0 Å². The van der Waals surface area contributed by atoms with Gasteiger partial charge in [-0.25, -0.2) is 14.8 Å². The number of urea groups is 1. The molecule has 3 aromatic heterocycles. The summed E-state index contributed by atoms with van der Waals surface area (Å²) < 4.78 is 0. The maximum atomic E-state index is 11.9. The summed E-state index contributed by atoms with van der Waals surface area (Å²) >= 11 is 0. The number of nitrogen functional groups attached to an aromatic ring is 1. The van der Waals surface area contributed by atoms with Gasteiger partial charge < -0.3 is 11.1 Å². The Morgan fingerprint density at radius 1 is 1.27 bits per heavy atom. The zero-order valence-electron chi connectivity index (χ0n) is 15.1. The van der Waals surface area contributed by atoms with Gasteiger partial charge in [-0.05, 0) is 49.4 Å². The lowest BCUT2D eigenvalue weighted by Crippen LogP contribution is -2.34. The molecule has 0 aliphatic heterocycles. The Hall–Kier alpha value is -3.22. The highest BCUT2D eigenvalue weighted by Crippen LogP contribution is 2.28. The van der Waals surface area contributed by atoms with Crippen molar-refractivity contribution in [2.24, 2.45) is 0 Å². The van der Waals surface area contributed by atoms with Crippen molar-refractivity contribution in [3.05, 3.63) is 42.4 Å². The van der Waals surface area contributed by atoms with E-state index in [2.05, 4.69) is 32.5 Å². The Balaban J connectivity index is 2.02. The van der Waals surface area contributed by atoms with Crippen LogP contribution in [0.3, 0.4) is 0 Å². The fraction of sp³-hybridized carbons (Fsp3) is 0.263. The summed E-state index contributed by atoms with van der Waals surface area (Å²) in [5, 5.41) is 7.10. The summed E-state index contributed by atoms with van der Waals surface area (Å²) in [5.41, 5.74) is 8.98. The first-order chi connectivity index (χ1) is 12.5. The minimum absolute atomic E-state index is 0.0416. The normalized spacial score (nSPS) is 10.9. The van der Waals surface area contributed by atoms with Gasteiger partial charge in [-0.2, -0.15) is 0 Å². The number of nitrogens with zero attached hydrogens (tertiary/aromatic N) is 3. The summed E-state index contributed by atoms with van der Waals surface area (Å²) in [7, 11) is 0. The van der Waals surface area contributed by atoms with Gasteiger partial charge >= 0.3 is 6.03 Å². The highest BCUT2D eigenvalue weighted by atomic mass is 16.2. The van der Waals surface area contributed by atoms with Crippen molar-refractivity contribution in [2.75, 3.05) is 11.1 Å². The highest BCUT2D eigenvalue weighted by molar-refractivity contribution is 5.96. The summed E-state index contributed by atoms with van der Waals surface area (Å²) in [5.74, 6) is 0.850. The van der Waals surface area contributed by atoms with Crippen LogP contribution in [-0.4, -0.2) is 27.0 Å². The third-order valence-electron chi connectivity index (χ3n) is 3.97. The van der Waals surface area contributed by atoms with E-state index in [1.54, 1.807) is 24.7 Å². The molecule has 0 aromatic carbocycles. The van der Waals surface area contributed by atoms with Crippen molar-refractivity contribution in [1.82, 2.24) is 20.3 Å². The van der Waals surface area contributed by atoms with Crippen LogP contribution in [-0.2, 0) is 6.42 Å². The highest BCUT2D eigenvalue weighted by Gasteiger charge is 2.11. The fourth-order valence-electron chi connectivity index (χ4n) is 2.76. The fourth-order valence-corrected chi connectivity index (χ4v) is 2.76. The van der Waals surface area contributed by atoms with Crippen LogP contribution in [0.2, 0.25) is 0 Å². The molecule has 3 rings (SSSR count). The molecular weight excluding hydrogens is 328 g/mol. The van der Waals surface area contributed by atoms with Crippen LogP contribution in [0.1, 0.15) is 26.3 Å². The van der Waals surface area contributed by atoms with Gasteiger partial charge in [0.1, 0.15) is 11.6 Å². The maximum Gasteiger partial charge on any atom is 0.320 e. The first kappa shape index (κ1) is 17.6. The van der Waals surface area contributed by atoms with Crippen LogP contribution < -0.4 is 16.4 Å². The number of carbonyl (C=O) groups is 1. The van der Waals surface area contributed by atoms with Gasteiger partial charge in [0, 0.05) is 35.6 Å². The van der Waals surface area contributed by atoms with Gasteiger partial charge in [-0.1, -0.05) is 6.92 Å². The molecule has 26 heavy (non-hydrogen) atoms. The number of fused-ring (bicyclic) bond motifs is 1. The van der Waals surface area contributed by atoms with Crippen molar-refractivity contribution in [2.45, 2.75) is 33.2 Å². The number of amides is 2. The third kappa shape index (κ3) is 3.72. The van der Waals surface area contributed by atoms with E-state index in [-0.39, 0.29) is 12.1 Å². The molecule has 0 aliphatic carbocycles. The quantitative estimate of drug-likeness (QED) is 0.669. The Morgan fingerprint density at radius 2 is 2.08 bits per heavy atom. The molecule has 7 heteroatoms. The Morgan fingerprint density at radius 3 is 2.81 bits per heavy atom. The van der Waals surface area contributed by atoms with E-state index in [4.69, 9.17) is 5.73 Å². The molecule has 2 amide bonds. The van der Waals surface area contributed by atoms with Crippen LogP contribution in [0.4, 0.5) is 16.4 Å². The second-order valence-corrected chi connectivity index (χ2v) is 6.32. The second-order valence-electron chi connectivity index (χ2n) is 6.32. The van der Waals surface area contributed by atoms with Crippen molar-refractivity contribution >= 4 is 28.4 Å². The first-order valence-corrected chi connectivity index (χ1v) is 8.55. The molecule has 3 heterocycles. The summed E-state index contributed by atoms with van der Waals surface area (Å²) in [6.45, 7) is 5.87. The van der Waals surface area contributed by atoms with Crippen LogP contribution in [0.25, 0.3) is 22.0 Å². The lowest BCUT2D eigenvalue weighted by Gasteiger charge is -2.12. The molecule has 7 nitrogen and oxygen atoms in total. The number of anilines is 2. The number of pyridine rings is 3. The van der Waals surface area contributed by atoms with E-state index in [1.807, 2.05) is 26.0 Å². The number of hydrogen-bond acceptors (Lipinski definition) is 5. The molecule has 0 spiro atoms. The summed E-state index contributed by atoms with van der Waals surface area (Å²) in [6, 6.07) is 5.45. The van der Waals surface area contributed by atoms with Crippen LogP contribution in [0.15, 0.2) is 36.8 Å². The lowest BCUT2D eigenvalue weighted by molar-refractivity contribution is 0.250. The summed E-state index contributed by atoms with van der Waals surface area (Å²) in [4.78, 5) is 24.9. The molecule has 0 fully saturated rings. The number of aromatic nitrogens is 3. The van der Waals surface area contributed by atoms with Crippen LogP contribution in [0.5, 0.6) is 0 Å². The number of rotatable bonds is 4. The minimum Gasteiger partial charge on any atom is -0.383 e. The first-order valence-electron chi connectivity index (χ1n) is 8.55. The van der Waals surface area contributed by atoms with Crippen molar-refractivity contribution in [3.8, 4) is 11.3 Å². The van der Waals surface area contributed by atoms with Crippen LogP contribution in [0, 0.1) is 0 Å². The molecule has 0 bridgehead atoms. The standard InChI is InChI=1S/C19H22N6O/c1-4-12-5-6-21-9-14(12)16-7-13-8-17(25-19(26)23-11(2)3)22-10-15(13)18(20)24-16/h5-11H,4H2,1-3H3,(H2,20,24)(H2,22,23,25,26). The smallest absolute Gasteiger partial charge is 0.320 e. The molecule has 0 atom stereocenters.